The Labute approximate surface area is 143 Å². The van der Waals surface area contributed by atoms with E-state index in [0.29, 0.717) is 0 Å². The van der Waals surface area contributed by atoms with Crippen LogP contribution in [-0.4, -0.2) is 53.3 Å². The van der Waals surface area contributed by atoms with Crippen LogP contribution in [0.25, 0.3) is 0 Å². The van der Waals surface area contributed by atoms with Gasteiger partial charge in [-0.05, 0) is 38.5 Å². The minimum Gasteiger partial charge on any atom is -0.385 e. The topological polar surface area (TPSA) is 80.2 Å². The fourth-order valence-corrected chi connectivity index (χ4v) is 3.29. The molecule has 0 spiro atoms. The van der Waals surface area contributed by atoms with Gasteiger partial charge in [-0.2, -0.15) is 0 Å². The summed E-state index contributed by atoms with van der Waals surface area (Å²) in [5, 5.41) is 24.2. The molecule has 0 radical (unpaired) electrons. The van der Waals surface area contributed by atoms with Crippen molar-refractivity contribution in [2.24, 2.45) is 0 Å². The molecule has 0 unspecified atom stereocenters. The lowest BCUT2D eigenvalue weighted by Gasteiger charge is -2.41. The predicted octanol–water partition coefficient (Wildman–Crippen LogP) is 1.77. The third-order valence-electron chi connectivity index (χ3n) is 4.21. The molecule has 2 fully saturated rings. The summed E-state index contributed by atoms with van der Waals surface area (Å²) in [5.41, 5.74) is 1.93. The standard InChI is InChI=1S/C16H22BrNO5/c1-9-4-5-10(6-11(9)17)18-8-16(20)14(19)13-12(7-21-16)22-15(2,3)23-13/h4-6,12-14,18-20H,7-8H2,1-3H3/t12-,13-,14+,16-/m1/s1. The summed E-state index contributed by atoms with van der Waals surface area (Å²) in [7, 11) is 0. The number of aliphatic hydroxyl groups is 2. The minimum atomic E-state index is -1.73. The van der Waals surface area contributed by atoms with E-state index in [4.69, 9.17) is 14.2 Å². The highest BCUT2D eigenvalue weighted by atomic mass is 79.9. The van der Waals surface area contributed by atoms with E-state index in [0.717, 1.165) is 15.7 Å². The maximum absolute atomic E-state index is 10.7. The van der Waals surface area contributed by atoms with E-state index in [-0.39, 0.29) is 19.3 Å². The Bertz CT molecular complexity index is 596. The highest BCUT2D eigenvalue weighted by Gasteiger charge is 2.56. The molecule has 0 saturated carbocycles. The van der Waals surface area contributed by atoms with Crippen LogP contribution in [0.3, 0.4) is 0 Å². The van der Waals surface area contributed by atoms with Crippen LogP contribution in [0, 0.1) is 6.92 Å². The summed E-state index contributed by atoms with van der Waals surface area (Å²) >= 11 is 3.47. The smallest absolute Gasteiger partial charge is 0.212 e. The summed E-state index contributed by atoms with van der Waals surface area (Å²) in [6, 6.07) is 5.77. The lowest BCUT2D eigenvalue weighted by molar-refractivity contribution is -0.298. The van der Waals surface area contributed by atoms with Crippen LogP contribution in [-0.2, 0) is 14.2 Å². The average molecular weight is 388 g/mol. The Morgan fingerprint density at radius 2 is 2.09 bits per heavy atom. The number of ether oxygens (including phenoxy) is 3. The number of rotatable bonds is 3. The van der Waals surface area contributed by atoms with E-state index < -0.39 is 23.8 Å². The van der Waals surface area contributed by atoms with E-state index in [1.165, 1.54) is 0 Å². The number of halogens is 1. The number of aliphatic hydroxyl groups excluding tert-OH is 1. The highest BCUT2D eigenvalue weighted by molar-refractivity contribution is 9.10. The number of anilines is 1. The van der Waals surface area contributed by atoms with Crippen LogP contribution < -0.4 is 5.32 Å². The largest absolute Gasteiger partial charge is 0.385 e. The second kappa shape index (κ2) is 5.98. The summed E-state index contributed by atoms with van der Waals surface area (Å²) in [4.78, 5) is 0. The fraction of sp³-hybridized carbons (Fsp3) is 0.625. The predicted molar refractivity (Wildman–Crippen MR) is 88.1 cm³/mol. The van der Waals surface area contributed by atoms with E-state index in [2.05, 4.69) is 21.2 Å². The van der Waals surface area contributed by atoms with Gasteiger partial charge < -0.3 is 29.7 Å². The quantitative estimate of drug-likeness (QED) is 0.733. The molecule has 7 heteroatoms. The minimum absolute atomic E-state index is 0.0384. The molecule has 3 rings (SSSR count). The molecule has 128 valence electrons. The second-order valence-corrected chi connectivity index (χ2v) is 7.41. The average Bonchev–Trinajstić information content (AvgIpc) is 2.80. The van der Waals surface area contributed by atoms with Crippen LogP contribution in [0.2, 0.25) is 0 Å². The van der Waals surface area contributed by atoms with Crippen LogP contribution in [0.1, 0.15) is 19.4 Å². The van der Waals surface area contributed by atoms with Crippen molar-refractivity contribution in [3.05, 3.63) is 28.2 Å². The van der Waals surface area contributed by atoms with Crippen molar-refractivity contribution in [1.29, 1.82) is 0 Å². The number of benzene rings is 1. The first kappa shape index (κ1) is 17.1. The number of nitrogens with one attached hydrogen (secondary N) is 1. The molecule has 3 N–H and O–H groups in total. The summed E-state index contributed by atoms with van der Waals surface area (Å²) in [6.07, 6.45) is -2.20. The monoisotopic (exact) mass is 387 g/mol. The van der Waals surface area contributed by atoms with Crippen molar-refractivity contribution in [1.82, 2.24) is 0 Å². The number of aryl methyl sites for hydroxylation is 1. The van der Waals surface area contributed by atoms with Crippen LogP contribution >= 0.6 is 15.9 Å². The Morgan fingerprint density at radius 1 is 1.35 bits per heavy atom. The Hall–Kier alpha value is -0.700. The van der Waals surface area contributed by atoms with Crippen molar-refractivity contribution in [2.45, 2.75) is 50.7 Å². The fourth-order valence-electron chi connectivity index (χ4n) is 2.92. The maximum Gasteiger partial charge on any atom is 0.212 e. The molecule has 6 nitrogen and oxygen atoms in total. The molecule has 4 atom stereocenters. The number of hydrogen-bond acceptors (Lipinski definition) is 6. The van der Waals surface area contributed by atoms with Gasteiger partial charge in [0.2, 0.25) is 5.79 Å². The first-order valence-electron chi connectivity index (χ1n) is 7.60. The van der Waals surface area contributed by atoms with Crippen LogP contribution in [0.4, 0.5) is 5.69 Å². The molecule has 0 aromatic heterocycles. The highest BCUT2D eigenvalue weighted by Crippen LogP contribution is 2.37. The Morgan fingerprint density at radius 3 is 2.78 bits per heavy atom. The lowest BCUT2D eigenvalue weighted by atomic mass is 9.97. The zero-order valence-electron chi connectivity index (χ0n) is 13.4. The number of hydrogen-bond donors (Lipinski definition) is 3. The zero-order valence-corrected chi connectivity index (χ0v) is 15.0. The van der Waals surface area contributed by atoms with Crippen molar-refractivity contribution in [2.75, 3.05) is 18.5 Å². The van der Waals surface area contributed by atoms with Gasteiger partial charge in [0, 0.05) is 10.2 Å². The van der Waals surface area contributed by atoms with Crippen molar-refractivity contribution in [3.63, 3.8) is 0 Å². The van der Waals surface area contributed by atoms with E-state index in [1.807, 2.05) is 25.1 Å². The van der Waals surface area contributed by atoms with Gasteiger partial charge in [0.25, 0.3) is 0 Å². The molecule has 2 saturated heterocycles. The zero-order chi connectivity index (χ0) is 16.8. The summed E-state index contributed by atoms with van der Waals surface area (Å²) in [6.45, 7) is 5.75. The van der Waals surface area contributed by atoms with Crippen molar-refractivity contribution >= 4 is 21.6 Å². The van der Waals surface area contributed by atoms with Gasteiger partial charge in [-0.1, -0.05) is 22.0 Å². The molecular formula is C16H22BrNO5. The molecule has 0 bridgehead atoms. The Kier molecular flexibility index (Phi) is 4.46. The van der Waals surface area contributed by atoms with Gasteiger partial charge in [0.15, 0.2) is 5.79 Å². The molecule has 2 aliphatic heterocycles. The van der Waals surface area contributed by atoms with Gasteiger partial charge in [0.1, 0.15) is 18.3 Å². The van der Waals surface area contributed by atoms with E-state index in [1.54, 1.807) is 13.8 Å². The molecule has 0 aliphatic carbocycles. The summed E-state index contributed by atoms with van der Waals surface area (Å²) < 4.78 is 17.8. The third kappa shape index (κ3) is 3.40. The lowest BCUT2D eigenvalue weighted by Crippen LogP contribution is -2.62. The van der Waals surface area contributed by atoms with Gasteiger partial charge >= 0.3 is 0 Å². The van der Waals surface area contributed by atoms with Gasteiger partial charge in [0.05, 0.1) is 13.2 Å². The first-order chi connectivity index (χ1) is 10.7. The molecule has 1 aromatic carbocycles. The van der Waals surface area contributed by atoms with E-state index in [9.17, 15) is 10.2 Å². The van der Waals surface area contributed by atoms with Crippen LogP contribution in [0.15, 0.2) is 22.7 Å². The molecule has 2 aliphatic rings. The third-order valence-corrected chi connectivity index (χ3v) is 5.06. The molecule has 2 heterocycles. The number of fused-ring (bicyclic) bond motifs is 1. The van der Waals surface area contributed by atoms with E-state index >= 15 is 0 Å². The normalized spacial score (nSPS) is 35.8. The SMILES string of the molecule is Cc1ccc(NC[C@@]2(O)OC[C@H]3OC(C)(C)O[C@H]3[C@@H]2O)cc1Br. The van der Waals surface area contributed by atoms with Crippen LogP contribution in [0.5, 0.6) is 0 Å². The first-order valence-corrected chi connectivity index (χ1v) is 8.39. The Balaban J connectivity index is 1.68. The molecule has 0 amide bonds. The van der Waals surface area contributed by atoms with Crippen molar-refractivity contribution in [3.8, 4) is 0 Å². The molecular weight excluding hydrogens is 366 g/mol. The second-order valence-electron chi connectivity index (χ2n) is 6.56. The summed E-state index contributed by atoms with van der Waals surface area (Å²) in [5.74, 6) is -2.53. The maximum atomic E-state index is 10.7. The molecule has 1 aromatic rings. The van der Waals surface area contributed by atoms with Gasteiger partial charge in [-0.25, -0.2) is 0 Å². The van der Waals surface area contributed by atoms with Crippen molar-refractivity contribution < 1.29 is 24.4 Å². The van der Waals surface area contributed by atoms with Gasteiger partial charge in [-0.3, -0.25) is 0 Å². The molecule has 23 heavy (non-hydrogen) atoms. The van der Waals surface area contributed by atoms with Gasteiger partial charge in [-0.15, -0.1) is 0 Å².